The minimum atomic E-state index is 0.157. The van der Waals surface area contributed by atoms with Gasteiger partial charge in [0.1, 0.15) is 5.75 Å². The molecule has 1 saturated carbocycles. The predicted octanol–water partition coefficient (Wildman–Crippen LogP) is 4.43. The van der Waals surface area contributed by atoms with E-state index in [1.807, 2.05) is 29.2 Å². The van der Waals surface area contributed by atoms with Crippen molar-refractivity contribution in [2.45, 2.75) is 62.9 Å². The number of rotatable bonds is 10. The summed E-state index contributed by atoms with van der Waals surface area (Å²) in [7, 11) is 4.33. The van der Waals surface area contributed by atoms with Gasteiger partial charge < -0.3 is 14.9 Å². The molecule has 0 aromatic heterocycles. The first-order valence-electron chi connectivity index (χ1n) is 13.4. The number of phenolic OH excluding ortho intramolecular Hbond substituents is 1. The lowest BCUT2D eigenvalue weighted by Gasteiger charge is -2.62. The van der Waals surface area contributed by atoms with E-state index < -0.39 is 0 Å². The molecule has 3 unspecified atom stereocenters. The smallest absolute Gasteiger partial charge is 0.210 e. The van der Waals surface area contributed by atoms with Crippen molar-refractivity contribution in [3.05, 3.63) is 65.2 Å². The molecular weight excluding hydrogens is 434 g/mol. The average Bonchev–Trinajstić information content (AvgIpc) is 3.25. The fourth-order valence-electron chi connectivity index (χ4n) is 7.86. The number of hydrogen-bond donors (Lipinski definition) is 1. The quantitative estimate of drug-likeness (QED) is 0.517. The number of phenols is 1. The minimum Gasteiger partial charge on any atom is -0.508 e. The molecule has 3 atom stereocenters. The zero-order chi connectivity index (χ0) is 24.5. The van der Waals surface area contributed by atoms with Crippen LogP contribution in [0.25, 0.3) is 0 Å². The highest BCUT2D eigenvalue weighted by Crippen LogP contribution is 2.66. The summed E-state index contributed by atoms with van der Waals surface area (Å²) in [6.07, 6.45) is 9.18. The van der Waals surface area contributed by atoms with Crippen LogP contribution in [0.1, 0.15) is 55.2 Å². The Morgan fingerprint density at radius 2 is 1.91 bits per heavy atom. The molecule has 1 N–H and O–H groups in total. The number of fused-ring (bicyclic) bond motifs is 1. The van der Waals surface area contributed by atoms with E-state index >= 15 is 0 Å². The Balaban J connectivity index is 1.41. The SMILES string of the molecule is CN(C)CCN1CCC23CCCC2(CCCN(C=O)Cc2ccccc2)C1Cc1ccc(O)cc13. The van der Waals surface area contributed by atoms with Crippen LogP contribution in [0.15, 0.2) is 48.5 Å². The van der Waals surface area contributed by atoms with Gasteiger partial charge in [-0.25, -0.2) is 0 Å². The van der Waals surface area contributed by atoms with Gasteiger partial charge in [-0.3, -0.25) is 9.69 Å². The Labute approximate surface area is 210 Å². The molecule has 5 nitrogen and oxygen atoms in total. The first-order chi connectivity index (χ1) is 17.0. The summed E-state index contributed by atoms with van der Waals surface area (Å²) >= 11 is 0. The number of aromatic hydroxyl groups is 1. The van der Waals surface area contributed by atoms with Crippen LogP contribution >= 0.6 is 0 Å². The molecular formula is C30H41N3O2. The van der Waals surface area contributed by atoms with Crippen molar-refractivity contribution in [2.24, 2.45) is 5.41 Å². The molecule has 0 radical (unpaired) electrons. The maximum Gasteiger partial charge on any atom is 0.210 e. The van der Waals surface area contributed by atoms with E-state index in [4.69, 9.17) is 0 Å². The van der Waals surface area contributed by atoms with Crippen molar-refractivity contribution in [1.82, 2.24) is 14.7 Å². The topological polar surface area (TPSA) is 47.0 Å². The van der Waals surface area contributed by atoms with Gasteiger partial charge in [-0.1, -0.05) is 42.8 Å². The minimum absolute atomic E-state index is 0.157. The summed E-state index contributed by atoms with van der Waals surface area (Å²) in [5.41, 5.74) is 4.43. The molecule has 5 heteroatoms. The third-order valence-corrected chi connectivity index (χ3v) is 9.39. The number of amides is 1. The zero-order valence-electron chi connectivity index (χ0n) is 21.5. The molecule has 2 aliphatic carbocycles. The zero-order valence-corrected chi connectivity index (χ0v) is 21.5. The lowest BCUT2D eigenvalue weighted by atomic mass is 9.49. The first kappa shape index (κ1) is 24.3. The summed E-state index contributed by atoms with van der Waals surface area (Å²) in [4.78, 5) is 18.9. The fourth-order valence-corrected chi connectivity index (χ4v) is 7.86. The number of hydrogen-bond acceptors (Lipinski definition) is 4. The van der Waals surface area contributed by atoms with E-state index in [0.717, 1.165) is 51.9 Å². The van der Waals surface area contributed by atoms with Gasteiger partial charge in [0.2, 0.25) is 6.41 Å². The Kier molecular flexibility index (Phi) is 6.91. The Morgan fingerprint density at radius 3 is 2.69 bits per heavy atom. The molecule has 5 rings (SSSR count). The summed E-state index contributed by atoms with van der Waals surface area (Å²) in [6.45, 7) is 4.81. The largest absolute Gasteiger partial charge is 0.508 e. The third kappa shape index (κ3) is 4.38. The second-order valence-corrected chi connectivity index (χ2v) is 11.4. The number of carbonyl (C=O) groups excluding carboxylic acids is 1. The summed E-state index contributed by atoms with van der Waals surface area (Å²) in [5.74, 6) is 0.405. The van der Waals surface area contributed by atoms with Gasteiger partial charge in [0, 0.05) is 37.6 Å². The van der Waals surface area contributed by atoms with Crippen LogP contribution in [0, 0.1) is 5.41 Å². The van der Waals surface area contributed by atoms with Gasteiger partial charge in [0.05, 0.1) is 0 Å². The van der Waals surface area contributed by atoms with E-state index in [2.05, 4.69) is 48.2 Å². The van der Waals surface area contributed by atoms with Crippen LogP contribution < -0.4 is 0 Å². The molecule has 1 amide bonds. The molecule has 2 aromatic carbocycles. The lowest BCUT2D eigenvalue weighted by Crippen LogP contribution is -2.65. The van der Waals surface area contributed by atoms with Gasteiger partial charge in [-0.05, 0) is 93.4 Å². The van der Waals surface area contributed by atoms with Crippen LogP contribution in [-0.2, 0) is 23.2 Å². The summed E-state index contributed by atoms with van der Waals surface area (Å²) in [6, 6.07) is 17.0. The van der Waals surface area contributed by atoms with Crippen molar-refractivity contribution in [3.63, 3.8) is 0 Å². The van der Waals surface area contributed by atoms with Crippen LogP contribution in [0.5, 0.6) is 5.75 Å². The van der Waals surface area contributed by atoms with Gasteiger partial charge in [0.15, 0.2) is 0 Å². The Hall–Kier alpha value is -2.37. The van der Waals surface area contributed by atoms with E-state index in [1.165, 1.54) is 42.4 Å². The van der Waals surface area contributed by atoms with E-state index in [-0.39, 0.29) is 10.8 Å². The summed E-state index contributed by atoms with van der Waals surface area (Å²) < 4.78 is 0. The molecule has 35 heavy (non-hydrogen) atoms. The van der Waals surface area contributed by atoms with Gasteiger partial charge in [0.25, 0.3) is 0 Å². The van der Waals surface area contributed by atoms with Crippen LogP contribution in [0.4, 0.5) is 0 Å². The van der Waals surface area contributed by atoms with Crippen LogP contribution in [0.2, 0.25) is 0 Å². The second kappa shape index (κ2) is 9.94. The molecule has 2 fully saturated rings. The highest BCUT2D eigenvalue weighted by Gasteiger charge is 2.64. The predicted molar refractivity (Wildman–Crippen MR) is 140 cm³/mol. The van der Waals surface area contributed by atoms with E-state index in [0.29, 0.717) is 18.3 Å². The number of piperidine rings is 1. The Morgan fingerprint density at radius 1 is 1.09 bits per heavy atom. The second-order valence-electron chi connectivity index (χ2n) is 11.4. The summed E-state index contributed by atoms with van der Waals surface area (Å²) in [5, 5.41) is 10.4. The van der Waals surface area contributed by atoms with Crippen molar-refractivity contribution < 1.29 is 9.90 Å². The number of benzene rings is 2. The van der Waals surface area contributed by atoms with Crippen LogP contribution in [0.3, 0.4) is 0 Å². The van der Waals surface area contributed by atoms with Crippen molar-refractivity contribution in [3.8, 4) is 5.75 Å². The van der Waals surface area contributed by atoms with Crippen molar-refractivity contribution in [1.29, 1.82) is 0 Å². The maximum absolute atomic E-state index is 11.9. The maximum atomic E-state index is 11.9. The number of nitrogens with zero attached hydrogens (tertiary/aromatic N) is 3. The average molecular weight is 476 g/mol. The molecule has 1 heterocycles. The normalized spacial score (nSPS) is 27.5. The monoisotopic (exact) mass is 475 g/mol. The Bertz CT molecular complexity index is 1030. The molecule has 1 aliphatic heterocycles. The van der Waals surface area contributed by atoms with Gasteiger partial charge in [-0.2, -0.15) is 0 Å². The third-order valence-electron chi connectivity index (χ3n) is 9.39. The molecule has 3 aliphatic rings. The fraction of sp³-hybridized carbons (Fsp3) is 0.567. The first-order valence-corrected chi connectivity index (χ1v) is 13.4. The number of likely N-dealkylation sites (tertiary alicyclic amines) is 1. The lowest BCUT2D eigenvalue weighted by molar-refractivity contribution is -0.119. The molecule has 2 aromatic rings. The number of carbonyl (C=O) groups is 1. The van der Waals surface area contributed by atoms with Crippen LogP contribution in [-0.4, -0.2) is 72.5 Å². The number of likely N-dealkylation sites (N-methyl/N-ethyl adjacent to an activating group) is 1. The molecule has 188 valence electrons. The molecule has 0 spiro atoms. The van der Waals surface area contributed by atoms with E-state index in [1.54, 1.807) is 0 Å². The standard InChI is InChI=1S/C30H41N3O2/c1-31(2)18-19-33-17-15-29-12-6-13-30(29,28(33)20-25-10-11-26(35)21-27(25)29)14-7-16-32(23-34)22-24-8-4-3-5-9-24/h3-5,8-11,21,23,28,35H,6-7,12-20,22H2,1-2H3. The van der Waals surface area contributed by atoms with Gasteiger partial charge in [-0.15, -0.1) is 0 Å². The van der Waals surface area contributed by atoms with Crippen molar-refractivity contribution >= 4 is 6.41 Å². The molecule has 1 saturated heterocycles. The van der Waals surface area contributed by atoms with Crippen molar-refractivity contribution in [2.75, 3.05) is 40.3 Å². The highest BCUT2D eigenvalue weighted by molar-refractivity contribution is 5.48. The van der Waals surface area contributed by atoms with Gasteiger partial charge >= 0.3 is 0 Å². The van der Waals surface area contributed by atoms with E-state index in [9.17, 15) is 9.90 Å². The highest BCUT2D eigenvalue weighted by atomic mass is 16.3. The molecule has 2 bridgehead atoms.